The summed E-state index contributed by atoms with van der Waals surface area (Å²) in [5, 5.41) is 0. The molecule has 0 saturated carbocycles. The molecular formula is C68H106CaO14S2. The summed E-state index contributed by atoms with van der Waals surface area (Å²) >= 11 is 0. The first-order chi connectivity index (χ1) is 40.6. The Morgan fingerprint density at radius 3 is 0.765 bits per heavy atom. The number of carbonyl (C=O) groups is 4. The molecule has 0 spiro atoms. The van der Waals surface area contributed by atoms with Crippen LogP contribution in [0.25, 0.3) is 0 Å². The van der Waals surface area contributed by atoms with E-state index >= 15 is 0 Å². The van der Waals surface area contributed by atoms with Crippen LogP contribution in [0.3, 0.4) is 0 Å². The van der Waals surface area contributed by atoms with Gasteiger partial charge in [-0.1, -0.05) is 268 Å². The van der Waals surface area contributed by atoms with Crippen LogP contribution in [-0.2, 0) is 39.2 Å². The molecular weight excluding hydrogens is 1140 g/mol. The number of carbonyl (C=O) groups excluding carboxylic acids is 4. The standard InChI is InChI=1S/2C34H54O7S.Ca/c2*1-3-5-7-9-11-13-15-17-19-21-23-28-40-33(35)30-26-25-27-31(42(37,38)39)32(30)34(36)41-29-24-22-20-18-16-14-12-10-8-6-4-2;/h2*21-27H,3-20,28-29H2,1-2H3,(H,37,38,39);/q;;+2/p-2/b2*23-21+,24-22+;. The summed E-state index contributed by atoms with van der Waals surface area (Å²) in [6, 6.07) is 6.99. The molecule has 0 atom stereocenters. The second-order valence-electron chi connectivity index (χ2n) is 21.6. The van der Waals surface area contributed by atoms with Gasteiger partial charge in [0.1, 0.15) is 46.7 Å². The van der Waals surface area contributed by atoms with Crippen LogP contribution in [0.1, 0.15) is 300 Å². The van der Waals surface area contributed by atoms with Gasteiger partial charge >= 0.3 is 61.6 Å². The van der Waals surface area contributed by atoms with E-state index in [1.54, 1.807) is 24.3 Å². The molecule has 2 rings (SSSR count). The van der Waals surface area contributed by atoms with E-state index in [9.17, 15) is 45.1 Å². The van der Waals surface area contributed by atoms with Crippen molar-refractivity contribution in [1.82, 2.24) is 0 Å². The largest absolute Gasteiger partial charge is 2.00 e. The molecule has 0 aliphatic carbocycles. The molecule has 0 N–H and O–H groups in total. The van der Waals surface area contributed by atoms with Crippen molar-refractivity contribution in [2.45, 2.75) is 269 Å². The van der Waals surface area contributed by atoms with Gasteiger partial charge in [0.2, 0.25) is 0 Å². The van der Waals surface area contributed by atoms with E-state index in [0.29, 0.717) is 0 Å². The van der Waals surface area contributed by atoms with E-state index in [0.717, 1.165) is 89.2 Å². The Morgan fingerprint density at radius 1 is 0.329 bits per heavy atom. The first-order valence-corrected chi connectivity index (χ1v) is 34.9. The van der Waals surface area contributed by atoms with Crippen LogP contribution in [0, 0.1) is 0 Å². The number of allylic oxidation sites excluding steroid dienone is 4. The number of hydrogen-bond donors (Lipinski definition) is 0. The Morgan fingerprint density at radius 2 is 0.541 bits per heavy atom. The van der Waals surface area contributed by atoms with Crippen LogP contribution < -0.4 is 0 Å². The topological polar surface area (TPSA) is 220 Å². The smallest absolute Gasteiger partial charge is 0.744 e. The Balaban J connectivity index is 0.00000164. The number of unbranched alkanes of at least 4 members (excludes halogenated alkanes) is 32. The van der Waals surface area contributed by atoms with Crippen LogP contribution in [0.5, 0.6) is 0 Å². The summed E-state index contributed by atoms with van der Waals surface area (Å²) in [6.45, 7) is 8.59. The zero-order valence-electron chi connectivity index (χ0n) is 52.6. The molecule has 85 heavy (non-hydrogen) atoms. The van der Waals surface area contributed by atoms with Crippen LogP contribution in [0.2, 0.25) is 0 Å². The van der Waals surface area contributed by atoms with E-state index in [1.165, 1.54) is 178 Å². The van der Waals surface area contributed by atoms with Crippen molar-refractivity contribution in [3.63, 3.8) is 0 Å². The number of benzene rings is 2. The Bertz CT molecular complexity index is 2260. The van der Waals surface area contributed by atoms with Gasteiger partial charge in [0, 0.05) is 0 Å². The van der Waals surface area contributed by atoms with Crippen LogP contribution >= 0.6 is 0 Å². The quantitative estimate of drug-likeness (QED) is 0.0150. The van der Waals surface area contributed by atoms with Crippen molar-refractivity contribution in [3.8, 4) is 0 Å². The molecule has 0 aromatic heterocycles. The molecule has 2 aromatic rings. The van der Waals surface area contributed by atoms with E-state index in [2.05, 4.69) is 27.7 Å². The summed E-state index contributed by atoms with van der Waals surface area (Å²) in [7, 11) is -10.1. The fourth-order valence-corrected chi connectivity index (χ4v) is 10.7. The van der Waals surface area contributed by atoms with Gasteiger partial charge in [0.15, 0.2) is 0 Å². The fraction of sp³-hybridized carbons (Fsp3) is 0.647. The average molecular weight is 1250 g/mol. The predicted molar refractivity (Wildman–Crippen MR) is 341 cm³/mol. The van der Waals surface area contributed by atoms with Crippen molar-refractivity contribution in [1.29, 1.82) is 0 Å². The Kier molecular flexibility index (Phi) is 52.2. The van der Waals surface area contributed by atoms with E-state index in [-0.39, 0.29) is 75.3 Å². The number of ether oxygens (including phenoxy) is 4. The van der Waals surface area contributed by atoms with Gasteiger partial charge in [-0.3, -0.25) is 0 Å². The molecule has 14 nitrogen and oxygen atoms in total. The van der Waals surface area contributed by atoms with Gasteiger partial charge in [-0.2, -0.15) is 0 Å². The molecule has 0 radical (unpaired) electrons. The average Bonchev–Trinajstić information content (AvgIpc) is 3.62. The summed E-state index contributed by atoms with van der Waals surface area (Å²) < 4.78 is 91.9. The summed E-state index contributed by atoms with van der Waals surface area (Å²) in [5.74, 6) is -3.90. The fourth-order valence-electron chi connectivity index (χ4n) is 9.36. The van der Waals surface area contributed by atoms with Gasteiger partial charge in [-0.05, 0) is 75.6 Å². The molecule has 0 amide bonds. The maximum atomic E-state index is 12.8. The Hall–Kier alpha value is -3.64. The van der Waals surface area contributed by atoms with Crippen molar-refractivity contribution in [2.24, 2.45) is 0 Å². The molecule has 17 heteroatoms. The molecule has 0 bridgehead atoms. The number of rotatable bonds is 50. The van der Waals surface area contributed by atoms with Gasteiger partial charge in [-0.15, -0.1) is 0 Å². The van der Waals surface area contributed by atoms with Crippen molar-refractivity contribution in [3.05, 3.63) is 107 Å². The van der Waals surface area contributed by atoms with Crippen LogP contribution in [0.4, 0.5) is 0 Å². The zero-order valence-corrected chi connectivity index (χ0v) is 56.4. The zero-order chi connectivity index (χ0) is 61.8. The van der Waals surface area contributed by atoms with Crippen molar-refractivity contribution < 1.29 is 64.1 Å². The van der Waals surface area contributed by atoms with Gasteiger partial charge in [0.05, 0.1) is 32.0 Å². The summed E-state index contributed by atoms with van der Waals surface area (Å²) in [4.78, 5) is 49.5. The molecule has 0 unspecified atom stereocenters. The van der Waals surface area contributed by atoms with Gasteiger partial charge in [0.25, 0.3) is 0 Å². The summed E-state index contributed by atoms with van der Waals surface area (Å²) in [5.41, 5.74) is -1.79. The van der Waals surface area contributed by atoms with Gasteiger partial charge in [-0.25, -0.2) is 36.0 Å². The van der Waals surface area contributed by atoms with Gasteiger partial charge < -0.3 is 28.1 Å². The normalized spacial score (nSPS) is 11.7. The molecule has 0 aliphatic rings. The molecule has 0 aliphatic heterocycles. The van der Waals surface area contributed by atoms with Crippen molar-refractivity contribution in [2.75, 3.05) is 26.4 Å². The first kappa shape index (κ1) is 81.4. The summed E-state index contributed by atoms with van der Waals surface area (Å²) in [6.07, 6.45) is 57.2. The Labute approximate surface area is 544 Å². The monoisotopic (exact) mass is 1250 g/mol. The molecule has 2 aromatic carbocycles. The second-order valence-corrected chi connectivity index (χ2v) is 24.3. The maximum Gasteiger partial charge on any atom is 2.00 e. The molecule has 0 fully saturated rings. The third-order valence-corrected chi connectivity index (χ3v) is 16.0. The van der Waals surface area contributed by atoms with E-state index in [4.69, 9.17) is 18.9 Å². The SMILES string of the molecule is CCCCCCCCCC/C=C/COC(=O)c1cccc(S(=O)(=O)[O-])c1C(=O)OC/C=C/CCCCCCCCCC.CCCCCCCCCC/C=C/COC(=O)c1cccc(S(=O)(=O)[O-])c1C(=O)OC/C=C/CCCCCCCCCC.[Ca+2]. The van der Waals surface area contributed by atoms with Crippen LogP contribution in [0.15, 0.2) is 94.8 Å². The molecule has 476 valence electrons. The predicted octanol–water partition coefficient (Wildman–Crippen LogP) is 17.8. The number of hydrogen-bond acceptors (Lipinski definition) is 14. The van der Waals surface area contributed by atoms with Crippen molar-refractivity contribution >= 4 is 81.9 Å². The minimum Gasteiger partial charge on any atom is -0.744 e. The minimum atomic E-state index is -5.03. The molecule has 0 heterocycles. The second kappa shape index (κ2) is 54.5. The first-order valence-electron chi connectivity index (χ1n) is 32.1. The molecule has 0 saturated heterocycles. The van der Waals surface area contributed by atoms with E-state index in [1.807, 2.05) is 24.3 Å². The van der Waals surface area contributed by atoms with E-state index < -0.39 is 65.0 Å². The third kappa shape index (κ3) is 42.0. The third-order valence-electron chi connectivity index (χ3n) is 14.2. The maximum absolute atomic E-state index is 12.8. The number of esters is 4. The van der Waals surface area contributed by atoms with Crippen LogP contribution in [-0.4, -0.2) is 114 Å². The minimum absolute atomic E-state index is 0.